The Morgan fingerprint density at radius 3 is 2.31 bits per heavy atom. The standard InChI is InChI=1S/C27H32F4N4O6S/c1-16(2)34-13-17(14-34)24(36)32-12-20-15-35(42(38,39)21-8-5-18(28)6-9-21)22-11-19(7-10-23(22)40-20)33-25(37)41-26(3,4)27(29,30)31/h5-11,16-17,20H,12-15H2,1-4H3,(H,32,36)(H,33,37)/t20-/m0/s1. The zero-order chi connectivity index (χ0) is 31.0. The molecule has 1 saturated heterocycles. The number of nitrogens with one attached hydrogen (secondary N) is 2. The van der Waals surface area contributed by atoms with Gasteiger partial charge in [-0.25, -0.2) is 17.6 Å². The number of likely N-dealkylation sites (tertiary alicyclic amines) is 1. The second-order valence-corrected chi connectivity index (χ2v) is 12.8. The molecule has 15 heteroatoms. The molecule has 1 atom stereocenters. The lowest BCUT2D eigenvalue weighted by molar-refractivity contribution is -0.242. The van der Waals surface area contributed by atoms with Gasteiger partial charge in [0.25, 0.3) is 10.0 Å². The molecular formula is C27H32F4N4O6S. The number of ether oxygens (including phenoxy) is 2. The Morgan fingerprint density at radius 1 is 1.07 bits per heavy atom. The highest BCUT2D eigenvalue weighted by Crippen LogP contribution is 2.39. The molecular weight excluding hydrogens is 584 g/mol. The first kappa shape index (κ1) is 31.3. The van der Waals surface area contributed by atoms with Gasteiger partial charge in [-0.05, 0) is 70.2 Å². The number of rotatable bonds is 8. The van der Waals surface area contributed by atoms with Gasteiger partial charge in [0.05, 0.1) is 29.6 Å². The quantitative estimate of drug-likeness (QED) is 0.429. The summed E-state index contributed by atoms with van der Waals surface area (Å²) in [5, 5.41) is 4.99. The number of sulfonamides is 1. The average molecular weight is 617 g/mol. The van der Waals surface area contributed by atoms with Crippen LogP contribution in [0.2, 0.25) is 0 Å². The molecule has 2 aliphatic heterocycles. The fourth-order valence-corrected chi connectivity index (χ4v) is 5.85. The van der Waals surface area contributed by atoms with Crippen LogP contribution < -0.4 is 19.7 Å². The van der Waals surface area contributed by atoms with Gasteiger partial charge in [0, 0.05) is 24.8 Å². The number of alkyl halides is 3. The van der Waals surface area contributed by atoms with E-state index in [0.717, 1.165) is 28.6 Å². The summed E-state index contributed by atoms with van der Waals surface area (Å²) >= 11 is 0. The summed E-state index contributed by atoms with van der Waals surface area (Å²) in [4.78, 5) is 26.8. The minimum Gasteiger partial charge on any atom is -0.484 e. The Kier molecular flexibility index (Phi) is 8.65. The lowest BCUT2D eigenvalue weighted by Crippen LogP contribution is -2.57. The Hall–Kier alpha value is -3.59. The number of nitrogens with zero attached hydrogens (tertiary/aromatic N) is 2. The molecule has 42 heavy (non-hydrogen) atoms. The molecule has 0 spiro atoms. The van der Waals surface area contributed by atoms with Gasteiger partial charge in [0.2, 0.25) is 11.5 Å². The molecule has 0 aromatic heterocycles. The van der Waals surface area contributed by atoms with E-state index in [1.54, 1.807) is 0 Å². The molecule has 0 bridgehead atoms. The molecule has 2 aromatic rings. The normalized spacial score (nSPS) is 18.1. The number of hydrogen-bond donors (Lipinski definition) is 2. The highest BCUT2D eigenvalue weighted by atomic mass is 32.2. The molecule has 0 saturated carbocycles. The van der Waals surface area contributed by atoms with Gasteiger partial charge in [0.15, 0.2) is 0 Å². The average Bonchev–Trinajstić information content (AvgIpc) is 2.85. The van der Waals surface area contributed by atoms with Crippen LogP contribution in [0.3, 0.4) is 0 Å². The van der Waals surface area contributed by atoms with E-state index in [-0.39, 0.29) is 46.9 Å². The molecule has 0 radical (unpaired) electrons. The van der Waals surface area contributed by atoms with Crippen LogP contribution in [0.4, 0.5) is 33.7 Å². The molecule has 4 rings (SSSR count). The van der Waals surface area contributed by atoms with E-state index < -0.39 is 39.8 Å². The Bertz CT molecular complexity index is 1430. The van der Waals surface area contributed by atoms with Crippen molar-refractivity contribution in [2.45, 2.75) is 56.5 Å². The van der Waals surface area contributed by atoms with Crippen LogP contribution in [0.25, 0.3) is 0 Å². The summed E-state index contributed by atoms with van der Waals surface area (Å²) in [6, 6.07) is 8.32. The zero-order valence-electron chi connectivity index (χ0n) is 23.4. The number of anilines is 2. The van der Waals surface area contributed by atoms with Crippen LogP contribution >= 0.6 is 0 Å². The molecule has 230 valence electrons. The maximum absolute atomic E-state index is 13.7. The van der Waals surface area contributed by atoms with Gasteiger partial charge in [-0.1, -0.05) is 0 Å². The van der Waals surface area contributed by atoms with Gasteiger partial charge in [0.1, 0.15) is 17.7 Å². The maximum Gasteiger partial charge on any atom is 0.427 e. The summed E-state index contributed by atoms with van der Waals surface area (Å²) < 4.78 is 91.8. The van der Waals surface area contributed by atoms with Crippen LogP contribution in [0.5, 0.6) is 5.75 Å². The van der Waals surface area contributed by atoms with Crippen molar-refractivity contribution in [1.82, 2.24) is 10.2 Å². The Morgan fingerprint density at radius 2 is 1.71 bits per heavy atom. The highest BCUT2D eigenvalue weighted by molar-refractivity contribution is 7.92. The van der Waals surface area contributed by atoms with E-state index in [1.165, 1.54) is 18.2 Å². The summed E-state index contributed by atoms with van der Waals surface area (Å²) in [6.45, 7) is 6.40. The molecule has 2 aromatic carbocycles. The fourth-order valence-electron chi connectivity index (χ4n) is 4.35. The second kappa shape index (κ2) is 11.6. The van der Waals surface area contributed by atoms with Crippen LogP contribution in [0.1, 0.15) is 27.7 Å². The van der Waals surface area contributed by atoms with Gasteiger partial charge in [-0.15, -0.1) is 0 Å². The third-order valence-corrected chi connectivity index (χ3v) is 8.88. The number of halogens is 4. The zero-order valence-corrected chi connectivity index (χ0v) is 24.2. The number of carbonyl (C=O) groups excluding carboxylic acids is 2. The van der Waals surface area contributed by atoms with Crippen LogP contribution in [-0.4, -0.2) is 75.4 Å². The predicted octanol–water partition coefficient (Wildman–Crippen LogP) is 4.13. The van der Waals surface area contributed by atoms with Crippen molar-refractivity contribution >= 4 is 33.4 Å². The summed E-state index contributed by atoms with van der Waals surface area (Å²) in [5.41, 5.74) is -2.87. The number of fused-ring (bicyclic) bond motifs is 1. The van der Waals surface area contributed by atoms with Crippen LogP contribution in [0, 0.1) is 11.7 Å². The number of benzene rings is 2. The first-order valence-electron chi connectivity index (χ1n) is 13.2. The molecule has 2 aliphatic rings. The summed E-state index contributed by atoms with van der Waals surface area (Å²) in [6.07, 6.45) is -7.05. The van der Waals surface area contributed by atoms with Crippen molar-refractivity contribution in [2.24, 2.45) is 5.92 Å². The van der Waals surface area contributed by atoms with Gasteiger partial charge >= 0.3 is 12.3 Å². The molecule has 0 aliphatic carbocycles. The van der Waals surface area contributed by atoms with Crippen molar-refractivity contribution in [2.75, 3.05) is 35.8 Å². The number of amides is 2. The highest BCUT2D eigenvalue weighted by Gasteiger charge is 2.51. The van der Waals surface area contributed by atoms with E-state index >= 15 is 0 Å². The smallest absolute Gasteiger partial charge is 0.427 e. The van der Waals surface area contributed by atoms with Gasteiger partial charge < -0.3 is 14.8 Å². The Labute approximate surface area is 241 Å². The van der Waals surface area contributed by atoms with E-state index in [2.05, 4.69) is 20.3 Å². The SMILES string of the molecule is CC(C)N1CC(C(=O)NC[C@H]2CN(S(=O)(=O)c3ccc(F)cc3)c3cc(NC(=O)OC(C)(C)C(F)(F)F)ccc3O2)C1. The fraction of sp³-hybridized carbons (Fsp3) is 0.481. The van der Waals surface area contributed by atoms with Crippen molar-refractivity contribution in [3.05, 3.63) is 48.3 Å². The molecule has 2 amide bonds. The maximum atomic E-state index is 13.7. The van der Waals surface area contributed by atoms with Crippen molar-refractivity contribution < 1.29 is 45.0 Å². The number of carbonyl (C=O) groups is 2. The van der Waals surface area contributed by atoms with E-state index in [0.29, 0.717) is 33.0 Å². The monoisotopic (exact) mass is 616 g/mol. The van der Waals surface area contributed by atoms with Crippen molar-refractivity contribution in [3.8, 4) is 5.75 Å². The third-order valence-electron chi connectivity index (χ3n) is 7.08. The van der Waals surface area contributed by atoms with Crippen molar-refractivity contribution in [3.63, 3.8) is 0 Å². The van der Waals surface area contributed by atoms with Crippen LogP contribution in [0.15, 0.2) is 47.4 Å². The number of hydrogen-bond acceptors (Lipinski definition) is 7. The molecule has 10 nitrogen and oxygen atoms in total. The van der Waals surface area contributed by atoms with Gasteiger partial charge in [-0.2, -0.15) is 13.2 Å². The minimum absolute atomic E-state index is 0.00918. The summed E-state index contributed by atoms with van der Waals surface area (Å²) in [5.74, 6) is -0.946. The van der Waals surface area contributed by atoms with E-state index in [1.807, 2.05) is 13.8 Å². The van der Waals surface area contributed by atoms with Crippen molar-refractivity contribution in [1.29, 1.82) is 0 Å². The Balaban J connectivity index is 1.56. The van der Waals surface area contributed by atoms with Gasteiger partial charge in [-0.3, -0.25) is 19.3 Å². The topological polar surface area (TPSA) is 117 Å². The van der Waals surface area contributed by atoms with E-state index in [9.17, 15) is 35.6 Å². The molecule has 0 unspecified atom stereocenters. The van der Waals surface area contributed by atoms with E-state index in [4.69, 9.17) is 4.74 Å². The minimum atomic E-state index is -4.83. The second-order valence-electron chi connectivity index (χ2n) is 10.9. The predicted molar refractivity (Wildman–Crippen MR) is 145 cm³/mol. The lowest BCUT2D eigenvalue weighted by atomic mass is 9.97. The first-order chi connectivity index (χ1) is 19.5. The largest absolute Gasteiger partial charge is 0.484 e. The van der Waals surface area contributed by atoms with Crippen LogP contribution in [-0.2, 0) is 19.6 Å². The first-order valence-corrected chi connectivity index (χ1v) is 14.6. The molecule has 2 N–H and O–H groups in total. The lowest BCUT2D eigenvalue weighted by Gasteiger charge is -2.41. The molecule has 2 heterocycles. The summed E-state index contributed by atoms with van der Waals surface area (Å²) in [7, 11) is -4.31. The third kappa shape index (κ3) is 6.72. The molecule has 1 fully saturated rings.